The van der Waals surface area contributed by atoms with Gasteiger partial charge in [0.2, 0.25) is 0 Å². The van der Waals surface area contributed by atoms with Gasteiger partial charge in [-0.05, 0) is 55.5 Å². The molecule has 0 spiro atoms. The van der Waals surface area contributed by atoms with Gasteiger partial charge in [0.05, 0.1) is 6.61 Å². The van der Waals surface area contributed by atoms with Crippen LogP contribution in [0.2, 0.25) is 0 Å². The van der Waals surface area contributed by atoms with Crippen molar-refractivity contribution in [1.29, 1.82) is 0 Å². The van der Waals surface area contributed by atoms with Gasteiger partial charge in [0.15, 0.2) is 0 Å². The van der Waals surface area contributed by atoms with Crippen molar-refractivity contribution in [3.63, 3.8) is 0 Å². The Kier molecular flexibility index (Phi) is 5.32. The summed E-state index contributed by atoms with van der Waals surface area (Å²) in [6.45, 7) is 4.98. The van der Waals surface area contributed by atoms with E-state index in [0.717, 1.165) is 32.5 Å². The van der Waals surface area contributed by atoms with E-state index >= 15 is 0 Å². The highest BCUT2D eigenvalue weighted by molar-refractivity contribution is 5.25. The lowest BCUT2D eigenvalue weighted by Crippen LogP contribution is -2.46. The first kappa shape index (κ1) is 17.1. The van der Waals surface area contributed by atoms with Crippen LogP contribution in [0, 0.1) is 18.2 Å². The Labute approximate surface area is 143 Å². The zero-order chi connectivity index (χ0) is 17.0. The summed E-state index contributed by atoms with van der Waals surface area (Å²) in [5, 5.41) is 10.1. The van der Waals surface area contributed by atoms with Crippen LogP contribution in [0.5, 0.6) is 0 Å². The van der Waals surface area contributed by atoms with Crippen LogP contribution in [0.15, 0.2) is 48.5 Å². The van der Waals surface area contributed by atoms with E-state index in [4.69, 9.17) is 0 Å². The Morgan fingerprint density at radius 3 is 2.50 bits per heavy atom. The van der Waals surface area contributed by atoms with Gasteiger partial charge >= 0.3 is 0 Å². The predicted octanol–water partition coefficient (Wildman–Crippen LogP) is 3.95. The molecule has 0 saturated carbocycles. The quantitative estimate of drug-likeness (QED) is 0.899. The highest BCUT2D eigenvalue weighted by Crippen LogP contribution is 2.34. The Hall–Kier alpha value is -1.71. The van der Waals surface area contributed by atoms with E-state index in [-0.39, 0.29) is 17.8 Å². The molecule has 1 heterocycles. The summed E-state index contributed by atoms with van der Waals surface area (Å²) in [6, 6.07) is 15.4. The maximum absolute atomic E-state index is 14.1. The molecule has 1 fully saturated rings. The lowest BCUT2D eigenvalue weighted by molar-refractivity contribution is 0.0282. The Morgan fingerprint density at radius 1 is 1.08 bits per heavy atom. The van der Waals surface area contributed by atoms with Gasteiger partial charge in [0.25, 0.3) is 0 Å². The Bertz CT molecular complexity index is 687. The average molecular weight is 327 g/mol. The van der Waals surface area contributed by atoms with Crippen molar-refractivity contribution in [1.82, 2.24) is 4.90 Å². The molecule has 0 aromatic heterocycles. The van der Waals surface area contributed by atoms with Crippen molar-refractivity contribution in [2.75, 3.05) is 19.7 Å². The molecule has 0 aliphatic carbocycles. The lowest BCUT2D eigenvalue weighted by Gasteiger charge is -2.42. The molecule has 1 saturated heterocycles. The first-order valence-electron chi connectivity index (χ1n) is 8.73. The van der Waals surface area contributed by atoms with Crippen LogP contribution < -0.4 is 0 Å². The van der Waals surface area contributed by atoms with E-state index in [1.54, 1.807) is 6.07 Å². The number of hydrogen-bond acceptors (Lipinski definition) is 2. The molecular formula is C21H26FNO. The number of nitrogens with zero attached hydrogens (tertiary/aromatic N) is 1. The molecule has 2 aromatic rings. The largest absolute Gasteiger partial charge is 0.396 e. The summed E-state index contributed by atoms with van der Waals surface area (Å²) in [4.78, 5) is 2.41. The lowest BCUT2D eigenvalue weighted by atomic mass is 9.75. The van der Waals surface area contributed by atoms with Crippen LogP contribution in [0.25, 0.3) is 0 Å². The monoisotopic (exact) mass is 327 g/mol. The van der Waals surface area contributed by atoms with Crippen molar-refractivity contribution in [3.05, 3.63) is 71.0 Å². The fraction of sp³-hybridized carbons (Fsp3) is 0.429. The SMILES string of the molecule is Cc1ccccc1CN1CCC[C@@](CO)(Cc2ccccc2F)C1. The van der Waals surface area contributed by atoms with E-state index in [1.807, 2.05) is 12.1 Å². The number of likely N-dealkylation sites (tertiary alicyclic amines) is 1. The van der Waals surface area contributed by atoms with Crippen molar-refractivity contribution in [2.45, 2.75) is 32.7 Å². The standard InChI is InChI=1S/C21H26FNO/c1-17-7-2-3-9-19(17)14-23-12-6-11-21(15-23,16-24)13-18-8-4-5-10-20(18)22/h2-5,7-10,24H,6,11-16H2,1H3/t21-/m1/s1. The molecule has 0 bridgehead atoms. The molecule has 1 aliphatic heterocycles. The fourth-order valence-electron chi connectivity index (χ4n) is 3.85. The topological polar surface area (TPSA) is 23.5 Å². The van der Waals surface area contributed by atoms with Crippen LogP contribution >= 0.6 is 0 Å². The van der Waals surface area contributed by atoms with Gasteiger partial charge in [-0.1, -0.05) is 42.5 Å². The van der Waals surface area contributed by atoms with E-state index in [9.17, 15) is 9.50 Å². The Morgan fingerprint density at radius 2 is 1.79 bits per heavy atom. The number of hydrogen-bond donors (Lipinski definition) is 1. The maximum atomic E-state index is 14.1. The van der Waals surface area contributed by atoms with E-state index in [1.165, 1.54) is 17.2 Å². The number of rotatable bonds is 5. The number of benzene rings is 2. The molecule has 0 radical (unpaired) electrons. The third-order valence-corrected chi connectivity index (χ3v) is 5.25. The van der Waals surface area contributed by atoms with Gasteiger partial charge in [-0.2, -0.15) is 0 Å². The molecule has 0 amide bonds. The van der Waals surface area contributed by atoms with Crippen LogP contribution in [-0.2, 0) is 13.0 Å². The van der Waals surface area contributed by atoms with Gasteiger partial charge in [0.1, 0.15) is 5.82 Å². The molecule has 2 nitrogen and oxygen atoms in total. The van der Waals surface area contributed by atoms with Crippen LogP contribution in [0.1, 0.15) is 29.5 Å². The molecule has 1 N–H and O–H groups in total. The van der Waals surface area contributed by atoms with E-state index in [2.05, 4.69) is 36.1 Å². The third-order valence-electron chi connectivity index (χ3n) is 5.25. The van der Waals surface area contributed by atoms with Crippen molar-refractivity contribution < 1.29 is 9.50 Å². The molecule has 3 heteroatoms. The van der Waals surface area contributed by atoms with Gasteiger partial charge < -0.3 is 5.11 Å². The maximum Gasteiger partial charge on any atom is 0.126 e. The second kappa shape index (κ2) is 7.45. The predicted molar refractivity (Wildman–Crippen MR) is 95.3 cm³/mol. The number of halogens is 1. The summed E-state index contributed by atoms with van der Waals surface area (Å²) < 4.78 is 14.1. The number of aliphatic hydroxyl groups is 1. The Balaban J connectivity index is 1.74. The normalized spacial score (nSPS) is 21.8. The molecule has 1 aliphatic rings. The summed E-state index contributed by atoms with van der Waals surface area (Å²) in [6.07, 6.45) is 2.59. The molecule has 24 heavy (non-hydrogen) atoms. The number of aryl methyl sites for hydroxylation is 1. The van der Waals surface area contributed by atoms with Crippen LogP contribution in [0.4, 0.5) is 4.39 Å². The number of piperidine rings is 1. The third kappa shape index (κ3) is 3.85. The average Bonchev–Trinajstić information content (AvgIpc) is 2.59. The first-order chi connectivity index (χ1) is 11.6. The van der Waals surface area contributed by atoms with Gasteiger partial charge in [-0.15, -0.1) is 0 Å². The van der Waals surface area contributed by atoms with Crippen molar-refractivity contribution in [2.24, 2.45) is 5.41 Å². The van der Waals surface area contributed by atoms with E-state index in [0.29, 0.717) is 12.0 Å². The molecule has 0 unspecified atom stereocenters. The van der Waals surface area contributed by atoms with Crippen LogP contribution in [-0.4, -0.2) is 29.7 Å². The molecule has 1 atom stereocenters. The zero-order valence-corrected chi connectivity index (χ0v) is 14.3. The second-order valence-corrected chi connectivity index (χ2v) is 7.17. The fourth-order valence-corrected chi connectivity index (χ4v) is 3.85. The number of aliphatic hydroxyl groups excluding tert-OH is 1. The summed E-state index contributed by atoms with van der Waals surface area (Å²) in [5.41, 5.74) is 3.09. The van der Waals surface area contributed by atoms with Gasteiger partial charge in [0, 0.05) is 18.5 Å². The van der Waals surface area contributed by atoms with Crippen molar-refractivity contribution >= 4 is 0 Å². The summed E-state index contributed by atoms with van der Waals surface area (Å²) in [7, 11) is 0. The molecule has 3 rings (SSSR count). The minimum atomic E-state index is -0.247. The highest BCUT2D eigenvalue weighted by Gasteiger charge is 2.35. The smallest absolute Gasteiger partial charge is 0.126 e. The van der Waals surface area contributed by atoms with Crippen molar-refractivity contribution in [3.8, 4) is 0 Å². The molecular weight excluding hydrogens is 301 g/mol. The second-order valence-electron chi connectivity index (χ2n) is 7.17. The zero-order valence-electron chi connectivity index (χ0n) is 14.3. The van der Waals surface area contributed by atoms with Gasteiger partial charge in [-0.3, -0.25) is 4.90 Å². The van der Waals surface area contributed by atoms with Gasteiger partial charge in [-0.25, -0.2) is 4.39 Å². The molecule has 2 aromatic carbocycles. The van der Waals surface area contributed by atoms with Crippen LogP contribution in [0.3, 0.4) is 0 Å². The highest BCUT2D eigenvalue weighted by atomic mass is 19.1. The summed E-state index contributed by atoms with van der Waals surface area (Å²) in [5.74, 6) is -0.165. The molecule has 128 valence electrons. The minimum absolute atomic E-state index is 0.103. The summed E-state index contributed by atoms with van der Waals surface area (Å²) >= 11 is 0. The minimum Gasteiger partial charge on any atom is -0.396 e. The van der Waals surface area contributed by atoms with E-state index < -0.39 is 0 Å². The first-order valence-corrected chi connectivity index (χ1v) is 8.73.